The van der Waals surface area contributed by atoms with Gasteiger partial charge < -0.3 is 14.4 Å². The first-order valence-electron chi connectivity index (χ1n) is 9.75. The Balaban J connectivity index is 2.37. The Kier molecular flexibility index (Phi) is 7.06. The average molecular weight is 483 g/mol. The van der Waals surface area contributed by atoms with Crippen LogP contribution in [0.4, 0.5) is 15.4 Å². The number of rotatable bonds is 4. The first-order chi connectivity index (χ1) is 13.7. The van der Waals surface area contributed by atoms with Crippen molar-refractivity contribution < 1.29 is 19.1 Å². The Morgan fingerprint density at radius 3 is 2.17 bits per heavy atom. The van der Waals surface area contributed by atoms with Gasteiger partial charge in [-0.3, -0.25) is 9.58 Å². The van der Waals surface area contributed by atoms with Crippen molar-refractivity contribution in [1.29, 1.82) is 0 Å². The van der Waals surface area contributed by atoms with Crippen LogP contribution in [0.25, 0.3) is 10.9 Å². The fourth-order valence-electron chi connectivity index (χ4n) is 2.78. The van der Waals surface area contributed by atoms with Crippen LogP contribution in [-0.2, 0) is 16.5 Å². The summed E-state index contributed by atoms with van der Waals surface area (Å²) in [5.41, 5.74) is -0.520. The quantitative estimate of drug-likeness (QED) is 0.616. The Morgan fingerprint density at radius 1 is 1.03 bits per heavy atom. The minimum atomic E-state index is -0.669. The lowest BCUT2D eigenvalue weighted by Crippen LogP contribution is -2.44. The third-order valence-corrected chi connectivity index (χ3v) is 4.67. The fraction of sp³-hybridized carbons (Fsp3) is 0.571. The average Bonchev–Trinajstić information content (AvgIpc) is 2.89. The normalized spacial score (nSPS) is 12.0. The third-order valence-electron chi connectivity index (χ3n) is 4.01. The van der Waals surface area contributed by atoms with E-state index in [0.29, 0.717) is 5.82 Å². The molecule has 2 amide bonds. The Hall–Kier alpha value is -2.29. The second-order valence-electron chi connectivity index (χ2n) is 9.12. The summed E-state index contributed by atoms with van der Waals surface area (Å²) in [6, 6.07) is 5.66. The molecule has 0 aliphatic heterocycles. The van der Waals surface area contributed by atoms with Crippen LogP contribution >= 0.6 is 15.9 Å². The Morgan fingerprint density at radius 2 is 1.60 bits per heavy atom. The van der Waals surface area contributed by atoms with Gasteiger partial charge in [0.1, 0.15) is 17.0 Å². The second kappa shape index (κ2) is 8.83. The van der Waals surface area contributed by atoms with E-state index in [-0.39, 0.29) is 13.1 Å². The number of fused-ring (bicyclic) bond motifs is 1. The van der Waals surface area contributed by atoms with Gasteiger partial charge in [-0.1, -0.05) is 6.07 Å². The number of carbonyl (C=O) groups is 2. The monoisotopic (exact) mass is 482 g/mol. The molecule has 0 unspecified atom stereocenters. The maximum atomic E-state index is 13.1. The summed E-state index contributed by atoms with van der Waals surface area (Å²) in [5.74, 6) is 0.587. The van der Waals surface area contributed by atoms with Crippen LogP contribution in [0, 0.1) is 0 Å². The van der Waals surface area contributed by atoms with Gasteiger partial charge in [0.05, 0.1) is 10.9 Å². The summed E-state index contributed by atoms with van der Waals surface area (Å²) in [6.45, 7) is 11.3. The van der Waals surface area contributed by atoms with Crippen LogP contribution in [0.15, 0.2) is 22.7 Å². The van der Waals surface area contributed by atoms with E-state index in [9.17, 15) is 9.59 Å². The molecule has 0 fully saturated rings. The number of hydrogen-bond donors (Lipinski definition) is 0. The van der Waals surface area contributed by atoms with Gasteiger partial charge in [0.25, 0.3) is 0 Å². The van der Waals surface area contributed by atoms with E-state index in [1.165, 1.54) is 9.80 Å². The zero-order valence-corrected chi connectivity index (χ0v) is 20.5. The van der Waals surface area contributed by atoms with Gasteiger partial charge in [-0.05, 0) is 69.6 Å². The summed E-state index contributed by atoms with van der Waals surface area (Å²) < 4.78 is 13.5. The molecule has 1 heterocycles. The summed E-state index contributed by atoms with van der Waals surface area (Å²) in [4.78, 5) is 28.4. The molecule has 8 nitrogen and oxygen atoms in total. The maximum Gasteiger partial charge on any atom is 0.416 e. The lowest BCUT2D eigenvalue weighted by Gasteiger charge is -2.30. The molecular formula is C21H31BrN4O4. The summed E-state index contributed by atoms with van der Waals surface area (Å²) >= 11 is 3.56. The van der Waals surface area contributed by atoms with Gasteiger partial charge in [-0.15, -0.1) is 0 Å². The number of carbonyl (C=O) groups excluding carboxylic acids is 2. The van der Waals surface area contributed by atoms with E-state index in [2.05, 4.69) is 21.0 Å². The van der Waals surface area contributed by atoms with Gasteiger partial charge in [0.2, 0.25) is 0 Å². The van der Waals surface area contributed by atoms with E-state index in [1.807, 2.05) is 59.7 Å². The molecule has 0 atom stereocenters. The number of anilines is 1. The molecule has 0 saturated heterocycles. The molecule has 2 aromatic rings. The highest BCUT2D eigenvalue weighted by atomic mass is 79.9. The Bertz CT molecular complexity index is 927. The van der Waals surface area contributed by atoms with Gasteiger partial charge in [-0.2, -0.15) is 5.10 Å². The topological polar surface area (TPSA) is 76.9 Å². The van der Waals surface area contributed by atoms with E-state index in [0.717, 1.165) is 15.4 Å². The number of amides is 2. The predicted octanol–water partition coefficient (Wildman–Crippen LogP) is 4.94. The summed E-state index contributed by atoms with van der Waals surface area (Å²) in [7, 11) is 3.41. The number of aryl methyl sites for hydroxylation is 1. The number of hydrogen-bond acceptors (Lipinski definition) is 5. The van der Waals surface area contributed by atoms with Crippen molar-refractivity contribution in [3.63, 3.8) is 0 Å². The standard InChI is InChI=1S/C21H31BrN4O4/c1-20(2,3)29-18(27)24(7)12-13-26(19(28)30-21(4,5)6)17-16-14(22)10-9-11-15(16)23-25(17)8/h9-11H,12-13H2,1-8H3. The first kappa shape index (κ1) is 24.0. The molecule has 2 rings (SSSR count). The van der Waals surface area contributed by atoms with Crippen LogP contribution in [0.5, 0.6) is 0 Å². The van der Waals surface area contributed by atoms with E-state index < -0.39 is 23.4 Å². The molecule has 0 spiro atoms. The number of likely N-dealkylation sites (N-methyl/N-ethyl adjacent to an activating group) is 1. The molecule has 0 bridgehead atoms. The van der Waals surface area contributed by atoms with E-state index in [4.69, 9.17) is 9.47 Å². The van der Waals surface area contributed by atoms with Crippen molar-refractivity contribution >= 4 is 44.8 Å². The van der Waals surface area contributed by atoms with Gasteiger partial charge in [0.15, 0.2) is 0 Å². The Labute approximate surface area is 186 Å². The number of halogens is 1. The smallest absolute Gasteiger partial charge is 0.416 e. The van der Waals surface area contributed by atoms with Crippen molar-refractivity contribution in [3.8, 4) is 0 Å². The molecule has 1 aromatic carbocycles. The van der Waals surface area contributed by atoms with Crippen molar-refractivity contribution in [2.24, 2.45) is 7.05 Å². The van der Waals surface area contributed by atoms with Crippen molar-refractivity contribution in [2.45, 2.75) is 52.7 Å². The van der Waals surface area contributed by atoms with Crippen molar-refractivity contribution in [3.05, 3.63) is 22.7 Å². The highest BCUT2D eigenvalue weighted by Gasteiger charge is 2.29. The largest absolute Gasteiger partial charge is 0.444 e. The number of ether oxygens (including phenoxy) is 2. The van der Waals surface area contributed by atoms with Crippen LogP contribution in [0.3, 0.4) is 0 Å². The molecule has 0 saturated carbocycles. The molecule has 166 valence electrons. The molecule has 0 N–H and O–H groups in total. The highest BCUT2D eigenvalue weighted by molar-refractivity contribution is 9.10. The number of benzene rings is 1. The molecule has 0 radical (unpaired) electrons. The van der Waals surface area contributed by atoms with E-state index in [1.54, 1.807) is 18.8 Å². The van der Waals surface area contributed by atoms with Crippen LogP contribution < -0.4 is 4.90 Å². The van der Waals surface area contributed by atoms with Crippen LogP contribution in [0.1, 0.15) is 41.5 Å². The van der Waals surface area contributed by atoms with Crippen molar-refractivity contribution in [1.82, 2.24) is 14.7 Å². The predicted molar refractivity (Wildman–Crippen MR) is 121 cm³/mol. The fourth-order valence-corrected chi connectivity index (χ4v) is 3.31. The lowest BCUT2D eigenvalue weighted by molar-refractivity contribution is 0.0295. The third kappa shape index (κ3) is 6.10. The number of aromatic nitrogens is 2. The minimum Gasteiger partial charge on any atom is -0.444 e. The SMILES string of the molecule is CN(CCN(C(=O)OC(C)(C)C)c1c2c(Br)cccc2nn1C)C(=O)OC(C)(C)C. The molecule has 0 aliphatic rings. The van der Waals surface area contributed by atoms with Crippen LogP contribution in [0.2, 0.25) is 0 Å². The van der Waals surface area contributed by atoms with E-state index >= 15 is 0 Å². The van der Waals surface area contributed by atoms with Crippen molar-refractivity contribution in [2.75, 3.05) is 25.0 Å². The van der Waals surface area contributed by atoms with Crippen LogP contribution in [-0.4, -0.2) is 58.2 Å². The lowest BCUT2D eigenvalue weighted by atomic mass is 10.2. The minimum absolute atomic E-state index is 0.209. The summed E-state index contributed by atoms with van der Waals surface area (Å²) in [6.07, 6.45) is -0.969. The second-order valence-corrected chi connectivity index (χ2v) is 9.97. The number of nitrogens with zero attached hydrogens (tertiary/aromatic N) is 4. The molecular weight excluding hydrogens is 452 g/mol. The maximum absolute atomic E-state index is 13.1. The van der Waals surface area contributed by atoms with Gasteiger partial charge in [-0.25, -0.2) is 9.59 Å². The molecule has 1 aromatic heterocycles. The molecule has 0 aliphatic carbocycles. The van der Waals surface area contributed by atoms with Gasteiger partial charge in [0, 0.05) is 31.7 Å². The highest BCUT2D eigenvalue weighted by Crippen LogP contribution is 2.33. The zero-order valence-electron chi connectivity index (χ0n) is 18.9. The summed E-state index contributed by atoms with van der Waals surface area (Å²) in [5, 5.41) is 5.31. The first-order valence-corrected chi connectivity index (χ1v) is 10.5. The zero-order chi connectivity index (χ0) is 22.9. The molecule has 30 heavy (non-hydrogen) atoms. The molecule has 9 heteroatoms. The van der Waals surface area contributed by atoms with Gasteiger partial charge >= 0.3 is 12.2 Å².